The van der Waals surface area contributed by atoms with E-state index in [4.69, 9.17) is 9.47 Å². The van der Waals surface area contributed by atoms with Gasteiger partial charge in [0.2, 0.25) is 5.91 Å². The molecule has 0 spiro atoms. The van der Waals surface area contributed by atoms with E-state index in [0.29, 0.717) is 35.8 Å². The Labute approximate surface area is 147 Å². The molecule has 0 radical (unpaired) electrons. The van der Waals surface area contributed by atoms with Gasteiger partial charge in [0.15, 0.2) is 0 Å². The van der Waals surface area contributed by atoms with Gasteiger partial charge < -0.3 is 20.1 Å². The van der Waals surface area contributed by atoms with Crippen LogP contribution in [0.3, 0.4) is 0 Å². The third-order valence-electron chi connectivity index (χ3n) is 3.44. The Balaban J connectivity index is 1.88. The molecule has 0 saturated heterocycles. The molecule has 0 unspecified atom stereocenters. The summed E-state index contributed by atoms with van der Waals surface area (Å²) < 4.78 is 10.2. The van der Waals surface area contributed by atoms with Gasteiger partial charge in [0.25, 0.3) is 0 Å². The average Bonchev–Trinajstić information content (AvgIpc) is 2.62. The number of hydrogen-bond acceptors (Lipinski definition) is 5. The van der Waals surface area contributed by atoms with Crippen molar-refractivity contribution < 1.29 is 19.1 Å². The molecular formula is C19H22N2O4. The molecule has 0 atom stereocenters. The van der Waals surface area contributed by atoms with Gasteiger partial charge in [0.1, 0.15) is 5.75 Å². The van der Waals surface area contributed by atoms with Crippen LogP contribution in [0.4, 0.5) is 11.4 Å². The second kappa shape index (κ2) is 9.32. The van der Waals surface area contributed by atoms with Crippen molar-refractivity contribution in [3.05, 3.63) is 54.1 Å². The zero-order chi connectivity index (χ0) is 18.1. The van der Waals surface area contributed by atoms with Gasteiger partial charge in [0, 0.05) is 30.4 Å². The largest absolute Gasteiger partial charge is 0.497 e. The molecule has 0 saturated carbocycles. The molecule has 1 amide bonds. The number of benzene rings is 2. The standard InChI is InChI=1S/C19H22N2O4/c1-3-25-19(23)16-9-4-5-10-17(16)20-12-11-18(22)21-14-7-6-8-15(13-14)24-2/h4-10,13,20H,3,11-12H2,1-2H3,(H,21,22). The fourth-order valence-corrected chi connectivity index (χ4v) is 2.26. The first-order valence-electron chi connectivity index (χ1n) is 8.08. The molecule has 0 aliphatic rings. The molecule has 25 heavy (non-hydrogen) atoms. The summed E-state index contributed by atoms with van der Waals surface area (Å²) in [6.45, 7) is 2.47. The summed E-state index contributed by atoms with van der Waals surface area (Å²) in [6, 6.07) is 14.2. The van der Waals surface area contributed by atoms with Gasteiger partial charge in [-0.15, -0.1) is 0 Å². The third kappa shape index (κ3) is 5.53. The molecular weight excluding hydrogens is 320 g/mol. The molecule has 6 nitrogen and oxygen atoms in total. The molecule has 2 aromatic carbocycles. The number of para-hydroxylation sites is 1. The highest BCUT2D eigenvalue weighted by molar-refractivity contribution is 5.96. The number of rotatable bonds is 8. The van der Waals surface area contributed by atoms with E-state index < -0.39 is 0 Å². The fraction of sp³-hybridized carbons (Fsp3) is 0.263. The van der Waals surface area contributed by atoms with Crippen LogP contribution >= 0.6 is 0 Å². The number of nitrogens with one attached hydrogen (secondary N) is 2. The first kappa shape index (κ1) is 18.3. The highest BCUT2D eigenvalue weighted by atomic mass is 16.5. The van der Waals surface area contributed by atoms with Crippen molar-refractivity contribution in [3.63, 3.8) is 0 Å². The molecule has 0 aliphatic heterocycles. The lowest BCUT2D eigenvalue weighted by molar-refractivity contribution is -0.115. The van der Waals surface area contributed by atoms with Gasteiger partial charge in [0.05, 0.1) is 19.3 Å². The zero-order valence-corrected chi connectivity index (χ0v) is 14.4. The third-order valence-corrected chi connectivity index (χ3v) is 3.44. The lowest BCUT2D eigenvalue weighted by Crippen LogP contribution is -2.17. The minimum Gasteiger partial charge on any atom is -0.497 e. The van der Waals surface area contributed by atoms with E-state index in [1.54, 1.807) is 44.4 Å². The summed E-state index contributed by atoms with van der Waals surface area (Å²) in [5.74, 6) is 0.167. The maximum absolute atomic E-state index is 12.0. The van der Waals surface area contributed by atoms with E-state index in [2.05, 4.69) is 10.6 Å². The number of esters is 1. The first-order chi connectivity index (χ1) is 12.1. The van der Waals surface area contributed by atoms with Gasteiger partial charge in [-0.2, -0.15) is 0 Å². The Morgan fingerprint density at radius 2 is 1.88 bits per heavy atom. The Morgan fingerprint density at radius 1 is 1.08 bits per heavy atom. The van der Waals surface area contributed by atoms with Crippen LogP contribution < -0.4 is 15.4 Å². The molecule has 2 aromatic rings. The summed E-state index contributed by atoms with van der Waals surface area (Å²) in [5, 5.41) is 5.92. The number of carbonyl (C=O) groups excluding carboxylic acids is 2. The number of carbonyl (C=O) groups is 2. The summed E-state index contributed by atoms with van der Waals surface area (Å²) >= 11 is 0. The van der Waals surface area contributed by atoms with E-state index in [-0.39, 0.29) is 18.3 Å². The van der Waals surface area contributed by atoms with E-state index in [0.717, 1.165) is 0 Å². The number of methoxy groups -OCH3 is 1. The maximum Gasteiger partial charge on any atom is 0.340 e. The summed E-state index contributed by atoms with van der Waals surface area (Å²) in [5.41, 5.74) is 1.78. The highest BCUT2D eigenvalue weighted by Gasteiger charge is 2.11. The summed E-state index contributed by atoms with van der Waals surface area (Å²) in [4.78, 5) is 24.0. The smallest absolute Gasteiger partial charge is 0.340 e. The second-order valence-corrected chi connectivity index (χ2v) is 5.22. The van der Waals surface area contributed by atoms with Crippen LogP contribution in [0.25, 0.3) is 0 Å². The van der Waals surface area contributed by atoms with Crippen molar-refractivity contribution >= 4 is 23.3 Å². The van der Waals surface area contributed by atoms with Gasteiger partial charge in [-0.05, 0) is 31.2 Å². The Hall–Kier alpha value is -3.02. The predicted molar refractivity (Wildman–Crippen MR) is 97.1 cm³/mol. The van der Waals surface area contributed by atoms with Crippen molar-refractivity contribution in [2.75, 3.05) is 30.9 Å². The minimum absolute atomic E-state index is 0.130. The number of hydrogen-bond donors (Lipinski definition) is 2. The number of ether oxygens (including phenoxy) is 2. The van der Waals surface area contributed by atoms with Gasteiger partial charge in [-0.1, -0.05) is 18.2 Å². The molecule has 0 aromatic heterocycles. The molecule has 132 valence electrons. The van der Waals surface area contributed by atoms with Crippen molar-refractivity contribution in [2.45, 2.75) is 13.3 Å². The van der Waals surface area contributed by atoms with E-state index in [1.807, 2.05) is 18.2 Å². The van der Waals surface area contributed by atoms with Crippen molar-refractivity contribution in [1.29, 1.82) is 0 Å². The van der Waals surface area contributed by atoms with Gasteiger partial charge >= 0.3 is 5.97 Å². The van der Waals surface area contributed by atoms with Gasteiger partial charge in [-0.3, -0.25) is 4.79 Å². The van der Waals surface area contributed by atoms with E-state index >= 15 is 0 Å². The molecule has 2 rings (SSSR count). The molecule has 0 aliphatic carbocycles. The maximum atomic E-state index is 12.0. The number of amides is 1. The molecule has 2 N–H and O–H groups in total. The monoisotopic (exact) mass is 342 g/mol. The quantitative estimate of drug-likeness (QED) is 0.720. The van der Waals surface area contributed by atoms with E-state index in [9.17, 15) is 9.59 Å². The van der Waals surface area contributed by atoms with Crippen LogP contribution in [0.1, 0.15) is 23.7 Å². The van der Waals surface area contributed by atoms with E-state index in [1.165, 1.54) is 0 Å². The normalized spacial score (nSPS) is 10.0. The Bertz CT molecular complexity index is 731. The Kier molecular flexibility index (Phi) is 6.83. The minimum atomic E-state index is -0.383. The predicted octanol–water partition coefficient (Wildman–Crippen LogP) is 3.31. The van der Waals surface area contributed by atoms with Crippen LogP contribution in [0, 0.1) is 0 Å². The molecule has 6 heteroatoms. The van der Waals surface area contributed by atoms with Crippen LogP contribution in [0.15, 0.2) is 48.5 Å². The SMILES string of the molecule is CCOC(=O)c1ccccc1NCCC(=O)Nc1cccc(OC)c1. The first-order valence-corrected chi connectivity index (χ1v) is 8.08. The van der Waals surface area contributed by atoms with Crippen molar-refractivity contribution in [3.8, 4) is 5.75 Å². The average molecular weight is 342 g/mol. The molecule has 0 fully saturated rings. The van der Waals surface area contributed by atoms with Crippen LogP contribution in [-0.4, -0.2) is 32.1 Å². The second-order valence-electron chi connectivity index (χ2n) is 5.22. The highest BCUT2D eigenvalue weighted by Crippen LogP contribution is 2.18. The lowest BCUT2D eigenvalue weighted by atomic mass is 10.1. The van der Waals surface area contributed by atoms with Crippen LogP contribution in [0.5, 0.6) is 5.75 Å². The fourth-order valence-electron chi connectivity index (χ4n) is 2.26. The zero-order valence-electron chi connectivity index (χ0n) is 14.4. The van der Waals surface area contributed by atoms with Gasteiger partial charge in [-0.25, -0.2) is 4.79 Å². The topological polar surface area (TPSA) is 76.7 Å². The lowest BCUT2D eigenvalue weighted by Gasteiger charge is -2.11. The molecule has 0 heterocycles. The van der Waals surface area contributed by atoms with Crippen LogP contribution in [0.2, 0.25) is 0 Å². The number of anilines is 2. The van der Waals surface area contributed by atoms with Crippen LogP contribution in [-0.2, 0) is 9.53 Å². The van der Waals surface area contributed by atoms with Crippen molar-refractivity contribution in [1.82, 2.24) is 0 Å². The Morgan fingerprint density at radius 3 is 2.64 bits per heavy atom. The molecule has 0 bridgehead atoms. The van der Waals surface area contributed by atoms with Crippen molar-refractivity contribution in [2.24, 2.45) is 0 Å². The summed E-state index contributed by atoms with van der Waals surface area (Å²) in [7, 11) is 1.58. The summed E-state index contributed by atoms with van der Waals surface area (Å²) in [6.07, 6.45) is 0.258.